The summed E-state index contributed by atoms with van der Waals surface area (Å²) in [4.78, 5) is 76.2. The van der Waals surface area contributed by atoms with Gasteiger partial charge in [-0.3, -0.25) is 24.0 Å². The lowest BCUT2D eigenvalue weighted by Gasteiger charge is -2.44. The molecule has 1 N–H and O–H groups in total. The van der Waals surface area contributed by atoms with Gasteiger partial charge in [-0.25, -0.2) is 4.79 Å². The number of aryl methyl sites for hydroxylation is 3. The van der Waals surface area contributed by atoms with Gasteiger partial charge in [0.05, 0.1) is 5.39 Å². The van der Waals surface area contributed by atoms with Crippen LogP contribution in [0.2, 0.25) is 0 Å². The molecule has 62 heavy (non-hydrogen) atoms. The molecule has 1 aromatic heterocycles. The summed E-state index contributed by atoms with van der Waals surface area (Å²) in [7, 11) is -4.66. The maximum absolute atomic E-state index is 13.9. The molecule has 1 saturated heterocycles. The molecular formula is C43H45NO17S. The van der Waals surface area contributed by atoms with Crippen LogP contribution in [0.25, 0.3) is 11.0 Å². The Hall–Kier alpha value is -6.47. The van der Waals surface area contributed by atoms with Crippen molar-refractivity contribution in [1.82, 2.24) is 0 Å². The second kappa shape index (κ2) is 17.9. The fraction of sp³-hybridized carbons (Fsp3) is 0.395. The first-order valence-corrected chi connectivity index (χ1v) is 20.8. The number of nitrogens with one attached hydrogen (secondary N) is 1. The molecule has 6 rings (SSSR count). The zero-order valence-corrected chi connectivity index (χ0v) is 35.9. The first kappa shape index (κ1) is 45.1. The maximum Gasteiger partial charge on any atom is 0.364 e. The molecule has 3 aromatic carbocycles. The number of fused-ring (bicyclic) bond motifs is 2. The molecule has 2 aliphatic rings. The number of carbonyl (C=O) groups is 5. The van der Waals surface area contributed by atoms with Crippen molar-refractivity contribution in [1.29, 1.82) is 0 Å². The van der Waals surface area contributed by atoms with Crippen LogP contribution >= 0.6 is 0 Å². The molecule has 18 nitrogen and oxygen atoms in total. The van der Waals surface area contributed by atoms with E-state index >= 15 is 0 Å². The lowest BCUT2D eigenvalue weighted by atomic mass is 9.93. The fourth-order valence-electron chi connectivity index (χ4n) is 6.93. The van der Waals surface area contributed by atoms with E-state index < -0.39 is 99.9 Å². The highest BCUT2D eigenvalue weighted by atomic mass is 32.2. The molecule has 5 atom stereocenters. The van der Waals surface area contributed by atoms with E-state index in [0.29, 0.717) is 18.6 Å². The second-order valence-corrected chi connectivity index (χ2v) is 16.9. The molecule has 2 aliphatic heterocycles. The zero-order chi connectivity index (χ0) is 45.3. The van der Waals surface area contributed by atoms with Gasteiger partial charge < -0.3 is 47.1 Å². The van der Waals surface area contributed by atoms with Crippen molar-refractivity contribution in [3.05, 3.63) is 87.3 Å². The highest BCUT2D eigenvalue weighted by molar-refractivity contribution is 7.87. The van der Waals surface area contributed by atoms with E-state index in [9.17, 15) is 37.2 Å². The Morgan fingerprint density at radius 3 is 2.11 bits per heavy atom. The number of benzene rings is 3. The van der Waals surface area contributed by atoms with E-state index in [1.165, 1.54) is 37.3 Å². The van der Waals surface area contributed by atoms with Gasteiger partial charge in [0.2, 0.25) is 12.4 Å². The Kier molecular flexibility index (Phi) is 13.0. The van der Waals surface area contributed by atoms with Crippen molar-refractivity contribution in [2.75, 3.05) is 11.9 Å². The van der Waals surface area contributed by atoms with Crippen molar-refractivity contribution < 1.29 is 74.1 Å². The third-order valence-corrected chi connectivity index (χ3v) is 11.1. The van der Waals surface area contributed by atoms with Gasteiger partial charge in [0, 0.05) is 38.8 Å². The number of ether oxygens (including phenoxy) is 7. The lowest BCUT2D eigenvalue weighted by Crippen LogP contribution is -2.63. The van der Waals surface area contributed by atoms with Gasteiger partial charge in [-0.1, -0.05) is 17.7 Å². The number of rotatable bonds is 12. The highest BCUT2D eigenvalue weighted by Gasteiger charge is 2.53. The van der Waals surface area contributed by atoms with Gasteiger partial charge in [0.1, 0.15) is 40.3 Å². The molecule has 4 aromatic rings. The van der Waals surface area contributed by atoms with Gasteiger partial charge >= 0.3 is 39.6 Å². The van der Waals surface area contributed by atoms with Gasteiger partial charge in [0.15, 0.2) is 23.6 Å². The molecule has 330 valence electrons. The summed E-state index contributed by atoms with van der Waals surface area (Å²) in [6.45, 7) is 10.9. The van der Waals surface area contributed by atoms with Gasteiger partial charge in [-0.05, 0) is 88.6 Å². The summed E-state index contributed by atoms with van der Waals surface area (Å²) < 4.78 is 78.9. The summed E-state index contributed by atoms with van der Waals surface area (Å²) in [6.07, 6.45) is -6.31. The Morgan fingerprint density at radius 2 is 1.47 bits per heavy atom. The van der Waals surface area contributed by atoms with Gasteiger partial charge in [-0.15, -0.1) is 0 Å². The number of anilines is 1. The number of hydrogen-bond acceptors (Lipinski definition) is 17. The van der Waals surface area contributed by atoms with Crippen LogP contribution in [-0.2, 0) is 59.4 Å². The topological polar surface area (TPSA) is 236 Å². The van der Waals surface area contributed by atoms with Gasteiger partial charge in [-0.2, -0.15) is 8.42 Å². The van der Waals surface area contributed by atoms with Gasteiger partial charge in [0.25, 0.3) is 5.91 Å². The van der Waals surface area contributed by atoms with Crippen LogP contribution in [0.1, 0.15) is 75.0 Å². The molecule has 0 spiro atoms. The fourth-order valence-corrected chi connectivity index (χ4v) is 7.89. The standard InChI is InChI=1S/C43H45NO17S/c1-21-9-12-29(13-10-21)62(51,52)61-36-30-14-16-31(57-42-39(56-26(6)48)38(55-25(5)47)37(54-24(4)46)33(58-42)20-53-23(3)45)22(2)35(30)59-41(50)34(36)44-40(49)28-11-15-32-27(19-28)17-18-43(7,8)60-32/h9-16,19,33,37-39,42H,17-18,20H2,1-8H3,(H,44,49)/t33-,37-,38+,39-,42-/m1/s1. The summed E-state index contributed by atoms with van der Waals surface area (Å²) >= 11 is 0. The molecule has 0 bridgehead atoms. The Morgan fingerprint density at radius 1 is 0.823 bits per heavy atom. The van der Waals surface area contributed by atoms with Crippen LogP contribution in [0.4, 0.5) is 5.69 Å². The minimum Gasteiger partial charge on any atom is -0.488 e. The maximum atomic E-state index is 13.9. The molecule has 1 amide bonds. The molecule has 0 saturated carbocycles. The van der Waals surface area contributed by atoms with E-state index in [0.717, 1.165) is 38.8 Å². The van der Waals surface area contributed by atoms with Crippen molar-refractivity contribution >= 4 is 56.6 Å². The summed E-state index contributed by atoms with van der Waals surface area (Å²) in [6, 6.07) is 13.1. The second-order valence-electron chi connectivity index (χ2n) is 15.3. The number of esters is 4. The molecule has 19 heteroatoms. The SMILES string of the molecule is CC(=O)OC[C@H]1O[C@@H](Oc2ccc3c(OS(=O)(=O)c4ccc(C)cc4)c(NC(=O)c4ccc5c(c4)CCC(C)(C)O5)c(=O)oc3c2C)[C@H](OC(C)=O)[C@@H](OC(C)=O)[C@@H]1OC(C)=O. The summed E-state index contributed by atoms with van der Waals surface area (Å²) in [5, 5.41) is 2.40. The Balaban J connectivity index is 1.44. The van der Waals surface area contributed by atoms with E-state index in [1.54, 1.807) is 31.2 Å². The molecule has 0 aliphatic carbocycles. The lowest BCUT2D eigenvalue weighted by molar-refractivity contribution is -0.288. The normalized spacial score (nSPS) is 20.4. The van der Waals surface area contributed by atoms with Crippen molar-refractivity contribution in [3.8, 4) is 17.2 Å². The van der Waals surface area contributed by atoms with Crippen molar-refractivity contribution in [3.63, 3.8) is 0 Å². The predicted molar refractivity (Wildman–Crippen MR) is 216 cm³/mol. The predicted octanol–water partition coefficient (Wildman–Crippen LogP) is 5.00. The minimum atomic E-state index is -4.66. The molecule has 0 radical (unpaired) electrons. The van der Waals surface area contributed by atoms with Crippen LogP contribution in [0.3, 0.4) is 0 Å². The van der Waals surface area contributed by atoms with E-state index in [4.69, 9.17) is 41.8 Å². The zero-order valence-electron chi connectivity index (χ0n) is 35.1. The average Bonchev–Trinajstić information content (AvgIpc) is 3.18. The van der Waals surface area contributed by atoms with Crippen LogP contribution in [0.15, 0.2) is 68.7 Å². The summed E-state index contributed by atoms with van der Waals surface area (Å²) in [5.74, 6) is -4.12. The first-order chi connectivity index (χ1) is 29.1. The Bertz CT molecular complexity index is 2600. The Labute approximate surface area is 355 Å². The van der Waals surface area contributed by atoms with Crippen molar-refractivity contribution in [2.45, 2.75) is 109 Å². The molecule has 1 fully saturated rings. The van der Waals surface area contributed by atoms with Crippen LogP contribution in [-0.4, -0.2) is 81.1 Å². The van der Waals surface area contributed by atoms with Crippen molar-refractivity contribution in [2.24, 2.45) is 0 Å². The van der Waals surface area contributed by atoms with Crippen LogP contribution < -0.4 is 24.6 Å². The smallest absolute Gasteiger partial charge is 0.364 e. The van der Waals surface area contributed by atoms with Crippen LogP contribution in [0.5, 0.6) is 17.2 Å². The highest BCUT2D eigenvalue weighted by Crippen LogP contribution is 2.40. The molecule has 0 unspecified atom stereocenters. The van der Waals surface area contributed by atoms with E-state index in [-0.39, 0.29) is 32.7 Å². The van der Waals surface area contributed by atoms with Crippen LogP contribution in [0, 0.1) is 13.8 Å². The average molecular weight is 880 g/mol. The minimum absolute atomic E-state index is 0.0560. The third-order valence-electron chi connectivity index (χ3n) is 9.86. The largest absolute Gasteiger partial charge is 0.488 e. The molecule has 3 heterocycles. The van der Waals surface area contributed by atoms with E-state index in [2.05, 4.69) is 5.32 Å². The summed E-state index contributed by atoms with van der Waals surface area (Å²) in [5.41, 5.74) is -0.748. The number of carbonyl (C=O) groups excluding carboxylic acids is 5. The number of hydrogen-bond donors (Lipinski definition) is 1. The van der Waals surface area contributed by atoms with E-state index in [1.807, 2.05) is 13.8 Å². The number of amides is 1. The first-order valence-electron chi connectivity index (χ1n) is 19.3. The quantitative estimate of drug-likeness (QED) is 0.0853. The molecular weight excluding hydrogens is 835 g/mol. The third kappa shape index (κ3) is 10.2. The monoisotopic (exact) mass is 879 g/mol.